The van der Waals surface area contributed by atoms with Crippen LogP contribution in [0.3, 0.4) is 0 Å². The minimum absolute atomic E-state index is 0.0679. The second kappa shape index (κ2) is 9.49. The smallest absolute Gasteiger partial charge is 0.281 e. The number of rotatable bonds is 8. The Morgan fingerprint density at radius 3 is 2.91 bits per heavy atom. The van der Waals surface area contributed by atoms with Gasteiger partial charge in [-0.25, -0.2) is 18.4 Å². The molecule has 0 saturated carbocycles. The predicted molar refractivity (Wildman–Crippen MR) is 122 cm³/mol. The van der Waals surface area contributed by atoms with Gasteiger partial charge >= 0.3 is 0 Å². The zero-order valence-corrected chi connectivity index (χ0v) is 20.0. The highest BCUT2D eigenvalue weighted by Gasteiger charge is 2.31. The molecule has 2 aliphatic rings. The van der Waals surface area contributed by atoms with Crippen molar-refractivity contribution in [3.63, 3.8) is 0 Å². The molecule has 0 amide bonds. The third kappa shape index (κ3) is 4.36. The third-order valence-electron chi connectivity index (χ3n) is 6.60. The molecule has 0 N–H and O–H groups in total. The lowest BCUT2D eigenvalue weighted by Crippen LogP contribution is -2.33. The number of aryl methyl sites for hydroxylation is 2. The number of alkyl halides is 2. The fourth-order valence-corrected chi connectivity index (χ4v) is 5.73. The van der Waals surface area contributed by atoms with Gasteiger partial charge in [-0.15, -0.1) is 16.4 Å². The average molecular weight is 492 g/mol. The topological polar surface area (TPSA) is 91.0 Å². The van der Waals surface area contributed by atoms with Crippen molar-refractivity contribution in [1.29, 1.82) is 0 Å². The van der Waals surface area contributed by atoms with Gasteiger partial charge in [0.1, 0.15) is 22.2 Å². The van der Waals surface area contributed by atoms with Gasteiger partial charge in [-0.1, -0.05) is 0 Å². The Hall–Kier alpha value is -2.73. The highest BCUT2D eigenvalue weighted by atomic mass is 32.1. The van der Waals surface area contributed by atoms with Crippen LogP contribution >= 0.6 is 11.3 Å². The van der Waals surface area contributed by atoms with Crippen molar-refractivity contribution in [2.75, 3.05) is 25.2 Å². The van der Waals surface area contributed by atoms with Crippen molar-refractivity contribution in [3.05, 3.63) is 28.8 Å². The number of aromatic nitrogens is 6. The summed E-state index contributed by atoms with van der Waals surface area (Å²) in [5.41, 5.74) is 0.627. The average Bonchev–Trinajstić information content (AvgIpc) is 3.58. The van der Waals surface area contributed by atoms with Crippen LogP contribution in [0.4, 0.5) is 14.7 Å². The lowest BCUT2D eigenvalue weighted by molar-refractivity contribution is 0.0944. The first-order valence-electron chi connectivity index (χ1n) is 11.4. The third-order valence-corrected chi connectivity index (χ3v) is 7.50. The number of thiazole rings is 1. The molecule has 0 radical (unpaired) electrons. The molecule has 2 aliphatic heterocycles. The molecule has 1 unspecified atom stereocenters. The van der Waals surface area contributed by atoms with E-state index in [9.17, 15) is 13.6 Å². The zero-order valence-electron chi connectivity index (χ0n) is 19.2. The first-order chi connectivity index (χ1) is 16.4. The zero-order chi connectivity index (χ0) is 23.8. The summed E-state index contributed by atoms with van der Waals surface area (Å²) < 4.78 is 34.8. The summed E-state index contributed by atoms with van der Waals surface area (Å²) in [6.45, 7) is 2.30. The number of ether oxygens (including phenoxy) is 1. The number of ketones is 1. The highest BCUT2D eigenvalue weighted by Crippen LogP contribution is 2.33. The summed E-state index contributed by atoms with van der Waals surface area (Å²) in [4.78, 5) is 24.3. The van der Waals surface area contributed by atoms with E-state index in [1.807, 2.05) is 4.68 Å². The van der Waals surface area contributed by atoms with E-state index in [-0.39, 0.29) is 17.4 Å². The number of carbonyl (C=O) groups excluding carboxylic acids is 1. The SMILES string of the molecule is COC[C@H]1CCCN1c1nc2n(n1)CCC(CC(=O)c1c(-c3nc(C(F)F)cs3)cnn1C)C2. The maximum atomic E-state index is 13.3. The first kappa shape index (κ1) is 23.0. The summed E-state index contributed by atoms with van der Waals surface area (Å²) in [5, 5.41) is 10.6. The molecule has 2 atom stereocenters. The van der Waals surface area contributed by atoms with Crippen LogP contribution in [-0.2, 0) is 24.8 Å². The molecule has 34 heavy (non-hydrogen) atoms. The molecular weight excluding hydrogens is 464 g/mol. The van der Waals surface area contributed by atoms with Gasteiger partial charge in [-0.3, -0.25) is 9.48 Å². The van der Waals surface area contributed by atoms with Crippen LogP contribution in [0.25, 0.3) is 10.6 Å². The molecule has 3 aromatic heterocycles. The number of halogens is 2. The maximum Gasteiger partial charge on any atom is 0.281 e. The monoisotopic (exact) mass is 491 g/mol. The fourth-order valence-electron chi connectivity index (χ4n) is 4.91. The molecular formula is C22H27F2N7O2S. The molecule has 182 valence electrons. The van der Waals surface area contributed by atoms with Gasteiger partial charge in [0.05, 0.1) is 24.4 Å². The van der Waals surface area contributed by atoms with Gasteiger partial charge in [0.15, 0.2) is 5.78 Å². The number of carbonyl (C=O) groups is 1. The lowest BCUT2D eigenvalue weighted by atomic mass is 9.91. The normalized spacial score (nSPS) is 20.3. The van der Waals surface area contributed by atoms with E-state index in [1.54, 1.807) is 14.2 Å². The molecule has 0 spiro atoms. The maximum absolute atomic E-state index is 13.3. The summed E-state index contributed by atoms with van der Waals surface area (Å²) in [5.74, 6) is 1.70. The predicted octanol–water partition coefficient (Wildman–Crippen LogP) is 3.52. The molecule has 9 nitrogen and oxygen atoms in total. The van der Waals surface area contributed by atoms with E-state index in [1.165, 1.54) is 16.3 Å². The Balaban J connectivity index is 1.29. The molecule has 5 rings (SSSR count). The Morgan fingerprint density at radius 2 is 2.15 bits per heavy atom. The Labute approximate surface area is 199 Å². The van der Waals surface area contributed by atoms with E-state index < -0.39 is 6.43 Å². The van der Waals surface area contributed by atoms with E-state index in [0.29, 0.717) is 48.3 Å². The van der Waals surface area contributed by atoms with Crippen molar-refractivity contribution in [3.8, 4) is 10.6 Å². The van der Waals surface area contributed by atoms with E-state index >= 15 is 0 Å². The second-order valence-corrected chi connectivity index (χ2v) is 9.75. The number of fused-ring (bicyclic) bond motifs is 1. The Bertz CT molecular complexity index is 1170. The van der Waals surface area contributed by atoms with Crippen molar-refractivity contribution >= 4 is 23.1 Å². The largest absolute Gasteiger partial charge is 0.383 e. The quantitative estimate of drug-likeness (QED) is 0.445. The Morgan fingerprint density at radius 1 is 1.29 bits per heavy atom. The van der Waals surface area contributed by atoms with E-state index in [4.69, 9.17) is 14.8 Å². The Kier molecular flexibility index (Phi) is 6.43. The van der Waals surface area contributed by atoms with Gasteiger partial charge in [0.2, 0.25) is 5.95 Å². The first-order valence-corrected chi connectivity index (χ1v) is 12.3. The molecule has 1 saturated heterocycles. The number of anilines is 1. The molecule has 5 heterocycles. The standard InChI is InChI=1S/C22H27F2N7O2S/c1-29-19(15(10-25-29)21-26-16(12-34-21)20(23)24)17(32)8-13-5-7-31-18(9-13)27-22(28-31)30-6-3-4-14(30)11-33-2/h10,12-14,20H,3-9,11H2,1-2H3/t13?,14-/m1/s1. The van der Waals surface area contributed by atoms with Crippen molar-refractivity contribution in [2.24, 2.45) is 13.0 Å². The van der Waals surface area contributed by atoms with Crippen molar-refractivity contribution < 1.29 is 18.3 Å². The van der Waals surface area contributed by atoms with E-state index in [2.05, 4.69) is 15.0 Å². The number of methoxy groups -OCH3 is 1. The minimum Gasteiger partial charge on any atom is -0.383 e. The highest BCUT2D eigenvalue weighted by molar-refractivity contribution is 7.13. The lowest BCUT2D eigenvalue weighted by Gasteiger charge is -2.22. The molecule has 0 bridgehead atoms. The van der Waals surface area contributed by atoms with Crippen LogP contribution in [0.5, 0.6) is 0 Å². The summed E-state index contributed by atoms with van der Waals surface area (Å²) in [6.07, 6.45) is 2.87. The van der Waals surface area contributed by atoms with Crippen molar-refractivity contribution in [2.45, 2.75) is 51.1 Å². The van der Waals surface area contributed by atoms with Crippen LogP contribution in [0.1, 0.15) is 54.1 Å². The van der Waals surface area contributed by atoms with Gasteiger partial charge in [-0.05, 0) is 25.2 Å². The van der Waals surface area contributed by atoms with Gasteiger partial charge in [0.25, 0.3) is 6.43 Å². The molecule has 12 heteroatoms. The van der Waals surface area contributed by atoms with Crippen LogP contribution in [-0.4, -0.2) is 61.6 Å². The summed E-state index contributed by atoms with van der Waals surface area (Å²) >= 11 is 1.10. The van der Waals surface area contributed by atoms with Gasteiger partial charge in [0, 0.05) is 45.5 Å². The minimum atomic E-state index is -2.64. The number of hydrogen-bond donors (Lipinski definition) is 0. The molecule has 1 fully saturated rings. The van der Waals surface area contributed by atoms with Crippen molar-refractivity contribution in [1.82, 2.24) is 29.5 Å². The van der Waals surface area contributed by atoms with Crippen LogP contribution in [0.2, 0.25) is 0 Å². The van der Waals surface area contributed by atoms with Crippen LogP contribution < -0.4 is 4.90 Å². The molecule has 3 aromatic rings. The summed E-state index contributed by atoms with van der Waals surface area (Å²) in [7, 11) is 3.40. The fraction of sp³-hybridized carbons (Fsp3) is 0.591. The molecule has 0 aromatic carbocycles. The van der Waals surface area contributed by atoms with Gasteiger partial charge in [-0.2, -0.15) is 10.1 Å². The number of hydrogen-bond acceptors (Lipinski definition) is 8. The number of nitrogens with zero attached hydrogens (tertiary/aromatic N) is 7. The second-order valence-electron chi connectivity index (χ2n) is 8.89. The molecule has 0 aliphatic carbocycles. The summed E-state index contributed by atoms with van der Waals surface area (Å²) in [6, 6.07) is 0.298. The van der Waals surface area contributed by atoms with Crippen LogP contribution in [0, 0.1) is 5.92 Å². The van der Waals surface area contributed by atoms with Gasteiger partial charge < -0.3 is 9.64 Å². The van der Waals surface area contributed by atoms with Crippen LogP contribution in [0.15, 0.2) is 11.6 Å². The number of Topliss-reactive ketones (excluding diaryl/α,β-unsaturated/α-hetero) is 1. The van der Waals surface area contributed by atoms with E-state index in [0.717, 1.165) is 48.9 Å².